The van der Waals surface area contributed by atoms with E-state index in [2.05, 4.69) is 17.2 Å². The minimum Gasteiger partial charge on any atom is -0.441 e. The Kier molecular flexibility index (Phi) is 4.74. The molecule has 1 unspecified atom stereocenters. The Morgan fingerprint density at radius 2 is 2.25 bits per heavy atom. The van der Waals surface area contributed by atoms with Crippen LogP contribution in [-0.2, 0) is 11.2 Å². The molecule has 1 aromatic heterocycles. The number of carbonyl (C=O) groups excluding carboxylic acids is 1. The van der Waals surface area contributed by atoms with E-state index in [4.69, 9.17) is 10.2 Å². The van der Waals surface area contributed by atoms with Gasteiger partial charge in [-0.25, -0.2) is 4.98 Å². The summed E-state index contributed by atoms with van der Waals surface area (Å²) in [7, 11) is 0. The van der Waals surface area contributed by atoms with E-state index in [0.717, 1.165) is 36.0 Å². The molecule has 1 aromatic carbocycles. The fourth-order valence-electron chi connectivity index (χ4n) is 2.13. The summed E-state index contributed by atoms with van der Waals surface area (Å²) in [6.07, 6.45) is 2.93. The van der Waals surface area contributed by atoms with E-state index in [0.29, 0.717) is 12.3 Å². The molecule has 1 atom stereocenters. The monoisotopic (exact) mass is 275 g/mol. The lowest BCUT2D eigenvalue weighted by Crippen LogP contribution is -2.26. The van der Waals surface area contributed by atoms with Gasteiger partial charge in [0.2, 0.25) is 5.91 Å². The van der Waals surface area contributed by atoms with Gasteiger partial charge in [0.1, 0.15) is 5.52 Å². The smallest absolute Gasteiger partial charge is 0.225 e. The average molecular weight is 275 g/mol. The van der Waals surface area contributed by atoms with Crippen LogP contribution in [-0.4, -0.2) is 16.9 Å². The third-order valence-corrected chi connectivity index (χ3v) is 3.13. The quantitative estimate of drug-likeness (QED) is 0.849. The Balaban J connectivity index is 2.03. The van der Waals surface area contributed by atoms with Crippen molar-refractivity contribution in [2.75, 3.05) is 5.32 Å². The summed E-state index contributed by atoms with van der Waals surface area (Å²) in [5, 5.41) is 2.85. The summed E-state index contributed by atoms with van der Waals surface area (Å²) in [6, 6.07) is 5.38. The molecule has 0 spiro atoms. The van der Waals surface area contributed by atoms with Gasteiger partial charge in [-0.05, 0) is 24.6 Å². The lowest BCUT2D eigenvalue weighted by atomic mass is 10.1. The van der Waals surface area contributed by atoms with E-state index in [1.165, 1.54) is 0 Å². The molecular formula is C15H21N3O2. The predicted octanol–water partition coefficient (Wildman–Crippen LogP) is 2.85. The van der Waals surface area contributed by atoms with Crippen LogP contribution >= 0.6 is 0 Å². The molecule has 2 aromatic rings. The van der Waals surface area contributed by atoms with Crippen LogP contribution in [0.15, 0.2) is 22.6 Å². The van der Waals surface area contributed by atoms with Crippen molar-refractivity contribution in [2.45, 2.75) is 45.6 Å². The molecule has 1 heterocycles. The van der Waals surface area contributed by atoms with Gasteiger partial charge in [-0.2, -0.15) is 0 Å². The maximum atomic E-state index is 11.9. The molecule has 0 radical (unpaired) electrons. The summed E-state index contributed by atoms with van der Waals surface area (Å²) < 4.78 is 5.53. The molecule has 0 saturated carbocycles. The number of nitrogens with zero attached hydrogens (tertiary/aromatic N) is 1. The lowest BCUT2D eigenvalue weighted by Gasteiger charge is -2.10. The van der Waals surface area contributed by atoms with Crippen LogP contribution in [0.1, 0.15) is 39.0 Å². The molecule has 3 N–H and O–H groups in total. The Hall–Kier alpha value is -1.88. The van der Waals surface area contributed by atoms with Gasteiger partial charge in [-0.1, -0.05) is 20.3 Å². The maximum absolute atomic E-state index is 11.9. The second kappa shape index (κ2) is 6.52. The highest BCUT2D eigenvalue weighted by Crippen LogP contribution is 2.20. The molecule has 0 aliphatic heterocycles. The number of anilines is 1. The highest BCUT2D eigenvalue weighted by molar-refractivity contribution is 5.93. The molecular weight excluding hydrogens is 254 g/mol. The first-order valence-corrected chi connectivity index (χ1v) is 7.07. The topological polar surface area (TPSA) is 81.2 Å². The minimum atomic E-state index is -0.0810. The first-order chi connectivity index (χ1) is 9.62. The minimum absolute atomic E-state index is 0.0653. The molecule has 5 nitrogen and oxygen atoms in total. The number of fused-ring (bicyclic) bond motifs is 1. The largest absolute Gasteiger partial charge is 0.441 e. The van der Waals surface area contributed by atoms with Crippen LogP contribution in [0.25, 0.3) is 11.1 Å². The van der Waals surface area contributed by atoms with Crippen molar-refractivity contribution >= 4 is 22.7 Å². The third-order valence-electron chi connectivity index (χ3n) is 3.13. The van der Waals surface area contributed by atoms with Crippen LogP contribution < -0.4 is 11.1 Å². The second-order valence-corrected chi connectivity index (χ2v) is 4.94. The molecule has 0 aliphatic rings. The molecule has 20 heavy (non-hydrogen) atoms. The molecule has 0 fully saturated rings. The SMILES string of the molecule is CCCC(N)CC(=O)Nc1ccc2oc(CC)nc2c1. The highest BCUT2D eigenvalue weighted by atomic mass is 16.3. The summed E-state index contributed by atoms with van der Waals surface area (Å²) in [5.41, 5.74) is 8.09. The van der Waals surface area contributed by atoms with Gasteiger partial charge < -0.3 is 15.5 Å². The van der Waals surface area contributed by atoms with Crippen molar-refractivity contribution in [3.8, 4) is 0 Å². The zero-order valence-corrected chi connectivity index (χ0v) is 12.0. The van der Waals surface area contributed by atoms with Gasteiger partial charge in [0.15, 0.2) is 11.5 Å². The van der Waals surface area contributed by atoms with Crippen LogP contribution in [0, 0.1) is 0 Å². The Morgan fingerprint density at radius 1 is 1.45 bits per heavy atom. The number of nitrogens with two attached hydrogens (primary N) is 1. The normalized spacial score (nSPS) is 12.6. The van der Waals surface area contributed by atoms with E-state index in [9.17, 15) is 4.79 Å². The van der Waals surface area contributed by atoms with Crippen molar-refractivity contribution in [2.24, 2.45) is 5.73 Å². The molecule has 0 aliphatic carbocycles. The van der Waals surface area contributed by atoms with Crippen LogP contribution in [0.2, 0.25) is 0 Å². The fraction of sp³-hybridized carbons (Fsp3) is 0.467. The zero-order chi connectivity index (χ0) is 14.5. The number of benzene rings is 1. The van der Waals surface area contributed by atoms with Gasteiger partial charge in [0.05, 0.1) is 0 Å². The number of hydrogen-bond acceptors (Lipinski definition) is 4. The third kappa shape index (κ3) is 3.57. The number of hydrogen-bond donors (Lipinski definition) is 2. The standard InChI is InChI=1S/C15H21N3O2/c1-3-5-10(16)8-14(19)17-11-6-7-13-12(9-11)18-15(4-2)20-13/h6-7,9-10H,3-5,8,16H2,1-2H3,(H,17,19). The number of nitrogens with one attached hydrogen (secondary N) is 1. The first-order valence-electron chi connectivity index (χ1n) is 7.07. The molecule has 1 amide bonds. The van der Waals surface area contributed by atoms with Gasteiger partial charge >= 0.3 is 0 Å². The predicted molar refractivity (Wildman–Crippen MR) is 79.5 cm³/mol. The van der Waals surface area contributed by atoms with Gasteiger partial charge in [-0.15, -0.1) is 0 Å². The second-order valence-electron chi connectivity index (χ2n) is 4.94. The molecule has 0 saturated heterocycles. The van der Waals surface area contributed by atoms with Crippen LogP contribution in [0.5, 0.6) is 0 Å². The highest BCUT2D eigenvalue weighted by Gasteiger charge is 2.10. The van der Waals surface area contributed by atoms with E-state index in [1.807, 2.05) is 25.1 Å². The number of amides is 1. The van der Waals surface area contributed by atoms with Crippen molar-refractivity contribution in [3.63, 3.8) is 0 Å². The molecule has 2 rings (SSSR count). The Labute approximate surface area is 118 Å². The zero-order valence-electron chi connectivity index (χ0n) is 12.0. The van der Waals surface area contributed by atoms with Gasteiger partial charge in [0, 0.05) is 24.6 Å². The van der Waals surface area contributed by atoms with E-state index < -0.39 is 0 Å². The average Bonchev–Trinajstić information content (AvgIpc) is 2.80. The Morgan fingerprint density at radius 3 is 2.95 bits per heavy atom. The van der Waals surface area contributed by atoms with E-state index in [1.54, 1.807) is 0 Å². The number of aromatic nitrogens is 1. The summed E-state index contributed by atoms with van der Waals surface area (Å²) in [6.45, 7) is 4.05. The number of carbonyl (C=O) groups is 1. The van der Waals surface area contributed by atoms with E-state index >= 15 is 0 Å². The Bertz CT molecular complexity index is 592. The van der Waals surface area contributed by atoms with Crippen LogP contribution in [0.4, 0.5) is 5.69 Å². The lowest BCUT2D eigenvalue weighted by molar-refractivity contribution is -0.116. The van der Waals surface area contributed by atoms with Crippen molar-refractivity contribution < 1.29 is 9.21 Å². The summed E-state index contributed by atoms with van der Waals surface area (Å²) in [4.78, 5) is 16.2. The maximum Gasteiger partial charge on any atom is 0.225 e. The van der Waals surface area contributed by atoms with E-state index in [-0.39, 0.29) is 11.9 Å². The number of oxazole rings is 1. The number of aryl methyl sites for hydroxylation is 1. The number of rotatable bonds is 6. The summed E-state index contributed by atoms with van der Waals surface area (Å²) in [5.74, 6) is 0.637. The van der Waals surface area contributed by atoms with Crippen molar-refractivity contribution in [1.29, 1.82) is 0 Å². The molecule has 108 valence electrons. The van der Waals surface area contributed by atoms with Crippen molar-refractivity contribution in [1.82, 2.24) is 4.98 Å². The van der Waals surface area contributed by atoms with Gasteiger partial charge in [-0.3, -0.25) is 4.79 Å². The summed E-state index contributed by atoms with van der Waals surface area (Å²) >= 11 is 0. The molecule has 0 bridgehead atoms. The van der Waals surface area contributed by atoms with Crippen LogP contribution in [0.3, 0.4) is 0 Å². The fourth-order valence-corrected chi connectivity index (χ4v) is 2.13. The van der Waals surface area contributed by atoms with Gasteiger partial charge in [0.25, 0.3) is 0 Å². The molecule has 5 heteroatoms. The first kappa shape index (κ1) is 14.5. The van der Waals surface area contributed by atoms with Crippen molar-refractivity contribution in [3.05, 3.63) is 24.1 Å².